The van der Waals surface area contributed by atoms with Crippen LogP contribution in [0.1, 0.15) is 68.7 Å². The number of carbonyl (C=O) groups is 1. The number of amides is 1. The Morgan fingerprint density at radius 1 is 1.20 bits per heavy atom. The third-order valence-electron chi connectivity index (χ3n) is 6.11. The maximum absolute atomic E-state index is 13.6. The van der Waals surface area contributed by atoms with E-state index in [0.29, 0.717) is 36.9 Å². The molecule has 1 aliphatic heterocycles. The lowest BCUT2D eigenvalue weighted by atomic mass is 9.77. The first-order valence-electron chi connectivity index (χ1n) is 10.9. The Labute approximate surface area is 177 Å². The fourth-order valence-electron chi connectivity index (χ4n) is 4.47. The van der Waals surface area contributed by atoms with E-state index in [1.807, 2.05) is 50.5 Å². The first-order valence-corrected chi connectivity index (χ1v) is 10.9. The van der Waals surface area contributed by atoms with E-state index in [2.05, 4.69) is 12.1 Å². The van der Waals surface area contributed by atoms with Crippen LogP contribution in [0.25, 0.3) is 0 Å². The molecule has 0 N–H and O–H groups in total. The summed E-state index contributed by atoms with van der Waals surface area (Å²) in [6.45, 7) is 8.26. The molecule has 4 rings (SSSR count). The van der Waals surface area contributed by atoms with Gasteiger partial charge in [0.05, 0.1) is 18.3 Å². The van der Waals surface area contributed by atoms with Gasteiger partial charge in [0, 0.05) is 12.1 Å². The standard InChI is InChI=1S/C24H31N3O3/c1-16-25-20-15-26(23(29)30-24(2,3)4)14-13-19(20)22(28)27(16)21(18-11-8-12-18)17-9-6-5-7-10-17/h5-7,9-10,18,21H,8,11-15H2,1-4H3. The van der Waals surface area contributed by atoms with Crippen LogP contribution >= 0.6 is 0 Å². The Bertz CT molecular complexity index is 987. The molecule has 1 unspecified atom stereocenters. The molecule has 0 bridgehead atoms. The molecule has 6 heteroatoms. The first-order chi connectivity index (χ1) is 14.2. The highest BCUT2D eigenvalue weighted by atomic mass is 16.6. The third-order valence-corrected chi connectivity index (χ3v) is 6.11. The minimum absolute atomic E-state index is 0.0223. The van der Waals surface area contributed by atoms with Gasteiger partial charge in [-0.25, -0.2) is 9.78 Å². The van der Waals surface area contributed by atoms with Gasteiger partial charge < -0.3 is 9.64 Å². The summed E-state index contributed by atoms with van der Waals surface area (Å²) < 4.78 is 7.41. The van der Waals surface area contributed by atoms with Crippen molar-refractivity contribution in [2.75, 3.05) is 6.54 Å². The lowest BCUT2D eigenvalue weighted by molar-refractivity contribution is 0.0219. The summed E-state index contributed by atoms with van der Waals surface area (Å²) in [5.41, 5.74) is 2.10. The lowest BCUT2D eigenvalue weighted by Gasteiger charge is -2.37. The zero-order chi connectivity index (χ0) is 21.5. The van der Waals surface area contributed by atoms with Crippen LogP contribution in [-0.4, -0.2) is 32.7 Å². The summed E-state index contributed by atoms with van der Waals surface area (Å²) in [4.78, 5) is 32.5. The summed E-state index contributed by atoms with van der Waals surface area (Å²) in [5.74, 6) is 1.18. The molecule has 1 fully saturated rings. The summed E-state index contributed by atoms with van der Waals surface area (Å²) in [6.07, 6.45) is 3.63. The van der Waals surface area contributed by atoms with Gasteiger partial charge in [-0.2, -0.15) is 0 Å². The molecule has 160 valence electrons. The van der Waals surface area contributed by atoms with E-state index in [-0.39, 0.29) is 17.7 Å². The van der Waals surface area contributed by atoms with Gasteiger partial charge in [0.15, 0.2) is 0 Å². The Morgan fingerprint density at radius 3 is 2.50 bits per heavy atom. The van der Waals surface area contributed by atoms with E-state index in [1.54, 1.807) is 4.90 Å². The zero-order valence-corrected chi connectivity index (χ0v) is 18.4. The second-order valence-corrected chi connectivity index (χ2v) is 9.46. The normalized spacial score (nSPS) is 17.8. The summed E-state index contributed by atoms with van der Waals surface area (Å²) in [7, 11) is 0. The molecule has 1 aliphatic carbocycles. The molecule has 0 saturated heterocycles. The highest BCUT2D eigenvalue weighted by molar-refractivity contribution is 5.68. The molecule has 2 aromatic rings. The number of nitrogens with zero attached hydrogens (tertiary/aromatic N) is 3. The number of aromatic nitrogens is 2. The van der Waals surface area contributed by atoms with Gasteiger partial charge in [0.2, 0.25) is 0 Å². The Kier molecular flexibility index (Phi) is 5.43. The average molecular weight is 410 g/mol. The van der Waals surface area contributed by atoms with Crippen molar-refractivity contribution >= 4 is 6.09 Å². The monoisotopic (exact) mass is 409 g/mol. The minimum atomic E-state index is -0.546. The molecule has 2 heterocycles. The number of hydrogen-bond donors (Lipinski definition) is 0. The van der Waals surface area contributed by atoms with Gasteiger partial charge in [-0.3, -0.25) is 9.36 Å². The molecule has 2 aliphatic rings. The largest absolute Gasteiger partial charge is 0.444 e. The van der Waals surface area contributed by atoms with Gasteiger partial charge in [0.25, 0.3) is 5.56 Å². The molecule has 6 nitrogen and oxygen atoms in total. The number of aryl methyl sites for hydroxylation is 1. The van der Waals surface area contributed by atoms with E-state index in [4.69, 9.17) is 9.72 Å². The fraction of sp³-hybridized carbons (Fsp3) is 0.542. The van der Waals surface area contributed by atoms with E-state index in [9.17, 15) is 9.59 Å². The zero-order valence-electron chi connectivity index (χ0n) is 18.4. The van der Waals surface area contributed by atoms with Crippen molar-refractivity contribution in [3.63, 3.8) is 0 Å². The van der Waals surface area contributed by atoms with Crippen LogP contribution in [0.15, 0.2) is 35.1 Å². The van der Waals surface area contributed by atoms with Gasteiger partial charge >= 0.3 is 6.09 Å². The molecular formula is C24H31N3O3. The molecule has 1 aromatic carbocycles. The summed E-state index contributed by atoms with van der Waals surface area (Å²) >= 11 is 0. The highest BCUT2D eigenvalue weighted by Gasteiger charge is 2.34. The average Bonchev–Trinajstić information content (AvgIpc) is 2.64. The van der Waals surface area contributed by atoms with Gasteiger partial charge in [-0.05, 0) is 58.4 Å². The number of ether oxygens (including phenoxy) is 1. The van der Waals surface area contributed by atoms with E-state index in [1.165, 1.54) is 12.0 Å². The molecule has 0 spiro atoms. The predicted octanol–water partition coefficient (Wildman–Crippen LogP) is 4.23. The Morgan fingerprint density at radius 2 is 1.90 bits per heavy atom. The van der Waals surface area contributed by atoms with Crippen molar-refractivity contribution in [3.8, 4) is 0 Å². The van der Waals surface area contributed by atoms with Crippen molar-refractivity contribution in [2.45, 2.75) is 71.6 Å². The Balaban J connectivity index is 1.68. The SMILES string of the molecule is Cc1nc2c(c(=O)n1C(c1ccccc1)C1CCC1)CCN(C(=O)OC(C)(C)C)C2. The van der Waals surface area contributed by atoms with Gasteiger partial charge in [-0.1, -0.05) is 36.8 Å². The predicted molar refractivity (Wildman–Crippen MR) is 116 cm³/mol. The van der Waals surface area contributed by atoms with Crippen LogP contribution in [-0.2, 0) is 17.7 Å². The van der Waals surface area contributed by atoms with Crippen molar-refractivity contribution < 1.29 is 9.53 Å². The summed E-state index contributed by atoms with van der Waals surface area (Å²) in [6, 6.07) is 10.3. The molecular weight excluding hydrogens is 378 g/mol. The third kappa shape index (κ3) is 4.00. The second kappa shape index (κ2) is 7.89. The number of hydrogen-bond acceptors (Lipinski definition) is 4. The van der Waals surface area contributed by atoms with Crippen molar-refractivity contribution in [3.05, 3.63) is 63.3 Å². The quantitative estimate of drug-likeness (QED) is 0.761. The highest BCUT2D eigenvalue weighted by Crippen LogP contribution is 2.40. The lowest BCUT2D eigenvalue weighted by Crippen LogP contribution is -2.44. The van der Waals surface area contributed by atoms with E-state index in [0.717, 1.165) is 18.4 Å². The van der Waals surface area contributed by atoms with Crippen molar-refractivity contribution in [1.29, 1.82) is 0 Å². The molecule has 30 heavy (non-hydrogen) atoms. The maximum Gasteiger partial charge on any atom is 0.410 e. The number of fused-ring (bicyclic) bond motifs is 1. The number of rotatable bonds is 3. The van der Waals surface area contributed by atoms with Crippen LogP contribution in [0.2, 0.25) is 0 Å². The second-order valence-electron chi connectivity index (χ2n) is 9.46. The molecule has 1 atom stereocenters. The van der Waals surface area contributed by atoms with Crippen LogP contribution in [0.4, 0.5) is 4.79 Å². The molecule has 1 aromatic heterocycles. The maximum atomic E-state index is 13.6. The minimum Gasteiger partial charge on any atom is -0.444 e. The van der Waals surface area contributed by atoms with E-state index >= 15 is 0 Å². The Hall–Kier alpha value is -2.63. The molecule has 0 radical (unpaired) electrons. The number of benzene rings is 1. The van der Waals surface area contributed by atoms with Gasteiger partial charge in [-0.15, -0.1) is 0 Å². The van der Waals surface area contributed by atoms with Crippen molar-refractivity contribution in [2.24, 2.45) is 5.92 Å². The number of carbonyl (C=O) groups excluding carboxylic acids is 1. The van der Waals surface area contributed by atoms with Crippen LogP contribution < -0.4 is 5.56 Å². The molecule has 1 amide bonds. The van der Waals surface area contributed by atoms with Crippen molar-refractivity contribution in [1.82, 2.24) is 14.5 Å². The molecule has 1 saturated carbocycles. The fourth-order valence-corrected chi connectivity index (χ4v) is 4.47. The topological polar surface area (TPSA) is 64.4 Å². The van der Waals surface area contributed by atoms with E-state index < -0.39 is 5.60 Å². The summed E-state index contributed by atoms with van der Waals surface area (Å²) in [5, 5.41) is 0. The van der Waals surface area contributed by atoms with Crippen LogP contribution in [0.5, 0.6) is 0 Å². The first kappa shape index (κ1) is 20.6. The smallest absolute Gasteiger partial charge is 0.410 e. The van der Waals surface area contributed by atoms with Crippen LogP contribution in [0.3, 0.4) is 0 Å². The van der Waals surface area contributed by atoms with Gasteiger partial charge in [0.1, 0.15) is 11.4 Å². The van der Waals surface area contributed by atoms with Crippen LogP contribution in [0, 0.1) is 12.8 Å².